The van der Waals surface area contributed by atoms with E-state index in [1.54, 1.807) is 0 Å². The fourth-order valence-electron chi connectivity index (χ4n) is 2.98. The topological polar surface area (TPSA) is 86.6 Å². The van der Waals surface area contributed by atoms with Crippen LogP contribution in [0.3, 0.4) is 0 Å². The van der Waals surface area contributed by atoms with E-state index in [0.717, 1.165) is 38.1 Å². The second kappa shape index (κ2) is 20.7. The number of aliphatic hydroxyl groups excluding tert-OH is 2. The summed E-state index contributed by atoms with van der Waals surface area (Å²) < 4.78 is 28.6. The van der Waals surface area contributed by atoms with Crippen molar-refractivity contribution in [2.45, 2.75) is 92.0 Å². The lowest BCUT2D eigenvalue weighted by atomic mass is 10.4. The minimum atomic E-state index is -1.70. The zero-order valence-electron chi connectivity index (χ0n) is 19.6. The maximum atomic E-state index is 8.90. The summed E-state index contributed by atoms with van der Waals surface area (Å²) in [4.78, 5) is 0. The van der Waals surface area contributed by atoms with Gasteiger partial charge in [-0.05, 0) is 65.0 Å². The molecule has 0 bridgehead atoms. The Morgan fingerprint density at radius 3 is 1.29 bits per heavy atom. The largest absolute Gasteiger partial charge is 0.455 e. The third-order valence-corrected chi connectivity index (χ3v) is 12.0. The van der Waals surface area contributed by atoms with Gasteiger partial charge in [0, 0.05) is 13.2 Å². The van der Waals surface area contributed by atoms with E-state index in [4.69, 9.17) is 33.3 Å². The molecule has 9 heteroatoms. The molecule has 2 N–H and O–H groups in total. The van der Waals surface area contributed by atoms with Gasteiger partial charge < -0.3 is 33.3 Å². The first kappa shape index (κ1) is 35.7. The van der Waals surface area contributed by atoms with Crippen LogP contribution >= 0.6 is 0 Å². The Kier molecular flexibility index (Phi) is 23.9. The predicted octanol–water partition coefficient (Wildman–Crippen LogP) is 4.29. The van der Waals surface area contributed by atoms with Gasteiger partial charge in [0.15, 0.2) is 16.6 Å². The molecule has 0 aliphatic heterocycles. The van der Waals surface area contributed by atoms with E-state index in [2.05, 4.69) is 26.2 Å². The molecule has 0 aromatic rings. The van der Waals surface area contributed by atoms with Gasteiger partial charge in [0.2, 0.25) is 0 Å². The fraction of sp³-hybridized carbons (Fsp3) is 1.00. The molecular weight excluding hydrogens is 432 g/mol. The molecule has 0 rings (SSSR count). The Bertz CT molecular complexity index is 351. The molecule has 0 aliphatic carbocycles. The van der Waals surface area contributed by atoms with Crippen LogP contribution < -0.4 is 0 Å². The lowest BCUT2D eigenvalue weighted by molar-refractivity contribution is -0.0103. The van der Waals surface area contributed by atoms with Crippen molar-refractivity contribution in [2.75, 3.05) is 52.9 Å². The van der Waals surface area contributed by atoms with Crippen LogP contribution in [0, 0.1) is 0 Å². The first-order valence-corrected chi connectivity index (χ1v) is 17.2. The van der Waals surface area contributed by atoms with Crippen molar-refractivity contribution in [3.05, 3.63) is 0 Å². The Morgan fingerprint density at radius 1 is 0.613 bits per heavy atom. The van der Waals surface area contributed by atoms with Crippen LogP contribution in [0.1, 0.15) is 41.5 Å². The summed E-state index contributed by atoms with van der Waals surface area (Å²) >= 11 is 0. The maximum absolute atomic E-state index is 8.90. The molecule has 0 heterocycles. The van der Waals surface area contributed by atoms with Gasteiger partial charge in [-0.15, -0.1) is 0 Å². The lowest BCUT2D eigenvalue weighted by Gasteiger charge is -2.34. The van der Waals surface area contributed by atoms with Crippen molar-refractivity contribution in [3.63, 3.8) is 0 Å². The third kappa shape index (κ3) is 23.1. The molecule has 0 saturated heterocycles. The average Bonchev–Trinajstić information content (AvgIpc) is 2.64. The van der Waals surface area contributed by atoms with E-state index in [1.807, 2.05) is 13.8 Å². The molecule has 0 amide bonds. The maximum Gasteiger partial charge on any atom is 0.173 e. The summed E-state index contributed by atoms with van der Waals surface area (Å²) in [6, 6.07) is 2.18. The Labute approximate surface area is 195 Å². The molecule has 192 valence electrons. The van der Waals surface area contributed by atoms with E-state index in [0.29, 0.717) is 26.4 Å². The second-order valence-corrected chi connectivity index (χ2v) is 17.6. The molecule has 0 aromatic carbocycles. The molecule has 31 heavy (non-hydrogen) atoms. The van der Waals surface area contributed by atoms with E-state index < -0.39 is 16.6 Å². The van der Waals surface area contributed by atoms with Crippen LogP contribution in [0.25, 0.3) is 0 Å². The van der Waals surface area contributed by atoms with Crippen molar-refractivity contribution >= 4 is 16.6 Å². The number of hydrogen-bond acceptors (Lipinski definition) is 7. The van der Waals surface area contributed by atoms with Crippen LogP contribution in [0.15, 0.2) is 0 Å². The van der Waals surface area contributed by atoms with Gasteiger partial charge in [-0.25, -0.2) is 0 Å². The summed E-state index contributed by atoms with van der Waals surface area (Å²) in [5.74, 6) is 0. The molecule has 0 aromatic heterocycles. The van der Waals surface area contributed by atoms with Crippen LogP contribution in [-0.2, 0) is 23.1 Å². The van der Waals surface area contributed by atoms with Crippen molar-refractivity contribution < 1.29 is 33.3 Å². The Morgan fingerprint density at radius 2 is 0.968 bits per heavy atom. The van der Waals surface area contributed by atoms with Gasteiger partial charge in [0.05, 0.1) is 51.8 Å². The van der Waals surface area contributed by atoms with Crippen molar-refractivity contribution in [1.29, 1.82) is 0 Å². The normalized spacial score (nSPS) is 13.9. The summed E-state index contributed by atoms with van der Waals surface area (Å²) in [5.41, 5.74) is 0. The highest BCUT2D eigenvalue weighted by Gasteiger charge is 2.32. The van der Waals surface area contributed by atoms with Gasteiger partial charge in [0.25, 0.3) is 0 Å². The first-order valence-electron chi connectivity index (χ1n) is 10.9. The third-order valence-electron chi connectivity index (χ3n) is 4.46. The smallest absolute Gasteiger partial charge is 0.173 e. The van der Waals surface area contributed by atoms with Crippen LogP contribution in [0.2, 0.25) is 38.3 Å². The van der Waals surface area contributed by atoms with E-state index >= 15 is 0 Å². The van der Waals surface area contributed by atoms with Gasteiger partial charge in [-0.3, -0.25) is 0 Å². The summed E-state index contributed by atoms with van der Waals surface area (Å²) in [5, 5.41) is 17.8. The standard InChI is InChI=1S/C20H46O7Si2.2CH4/c1-19(17-21)25-13-11-23-9-7-15-28(3,4)27-29(5,6)16-8-10-24-12-14-26-20(2)18-22;;/h19-22H,7-18H2,1-6H3;2*1H4. The van der Waals surface area contributed by atoms with Crippen LogP contribution in [0.5, 0.6) is 0 Å². The monoisotopic (exact) mass is 486 g/mol. The van der Waals surface area contributed by atoms with E-state index in [-0.39, 0.29) is 40.3 Å². The molecule has 0 saturated carbocycles. The predicted molar refractivity (Wildman–Crippen MR) is 135 cm³/mol. The zero-order valence-corrected chi connectivity index (χ0v) is 21.6. The summed E-state index contributed by atoms with van der Waals surface area (Å²) in [6.45, 7) is 16.6. The lowest BCUT2D eigenvalue weighted by Crippen LogP contribution is -2.44. The summed E-state index contributed by atoms with van der Waals surface area (Å²) in [6.07, 6.45) is 1.77. The molecule has 7 nitrogen and oxygen atoms in total. The van der Waals surface area contributed by atoms with Gasteiger partial charge in [0.1, 0.15) is 0 Å². The highest BCUT2D eigenvalue weighted by molar-refractivity contribution is 6.84. The quantitative estimate of drug-likeness (QED) is 0.196. The molecular formula is C22H54O7Si2. The molecule has 2 atom stereocenters. The summed E-state index contributed by atoms with van der Waals surface area (Å²) in [7, 11) is -3.39. The van der Waals surface area contributed by atoms with E-state index in [9.17, 15) is 0 Å². The molecule has 0 fully saturated rings. The molecule has 0 spiro atoms. The first-order chi connectivity index (χ1) is 13.6. The van der Waals surface area contributed by atoms with Crippen LogP contribution in [-0.4, -0.2) is 91.9 Å². The number of hydrogen-bond donors (Lipinski definition) is 2. The number of aliphatic hydroxyl groups is 2. The van der Waals surface area contributed by atoms with Crippen molar-refractivity contribution in [2.24, 2.45) is 0 Å². The molecule has 2 unspecified atom stereocenters. The minimum Gasteiger partial charge on any atom is -0.455 e. The van der Waals surface area contributed by atoms with Crippen molar-refractivity contribution in [3.8, 4) is 0 Å². The number of ether oxygens (including phenoxy) is 4. The Balaban J connectivity index is -0.00000392. The van der Waals surface area contributed by atoms with Gasteiger partial charge in [-0.2, -0.15) is 0 Å². The molecule has 0 aliphatic rings. The zero-order chi connectivity index (χ0) is 22.2. The van der Waals surface area contributed by atoms with Gasteiger partial charge in [-0.1, -0.05) is 14.9 Å². The van der Waals surface area contributed by atoms with Crippen molar-refractivity contribution in [1.82, 2.24) is 0 Å². The second-order valence-electron chi connectivity index (χ2n) is 8.78. The van der Waals surface area contributed by atoms with Gasteiger partial charge >= 0.3 is 0 Å². The molecule has 0 radical (unpaired) electrons. The van der Waals surface area contributed by atoms with Crippen LogP contribution in [0.4, 0.5) is 0 Å². The van der Waals surface area contributed by atoms with E-state index in [1.165, 1.54) is 0 Å². The highest BCUT2D eigenvalue weighted by Crippen LogP contribution is 2.23. The Hall–Kier alpha value is 0.154. The SMILES string of the molecule is C.C.CC(CO)OCCOCCC[Si](C)(C)O[Si](C)(C)CCCOCCOC(C)CO. The fourth-order valence-corrected chi connectivity index (χ4v) is 11.8. The minimum absolute atomic E-state index is 0. The highest BCUT2D eigenvalue weighted by atomic mass is 28.4. The average molecular weight is 487 g/mol. The number of rotatable bonds is 20.